The van der Waals surface area contributed by atoms with Crippen LogP contribution in [-0.4, -0.2) is 26.1 Å². The quantitative estimate of drug-likeness (QED) is 0.939. The van der Waals surface area contributed by atoms with Crippen LogP contribution in [0.5, 0.6) is 5.75 Å². The highest BCUT2D eigenvalue weighted by atomic mass is 16.5. The molecule has 3 rings (SSSR count). The van der Waals surface area contributed by atoms with Crippen LogP contribution < -0.4 is 15.0 Å². The monoisotopic (exact) mass is 310 g/mol. The summed E-state index contributed by atoms with van der Waals surface area (Å²) in [7, 11) is 1.63. The van der Waals surface area contributed by atoms with Crippen LogP contribution in [0.3, 0.4) is 0 Å². The van der Waals surface area contributed by atoms with Crippen molar-refractivity contribution in [2.45, 2.75) is 12.8 Å². The third kappa shape index (κ3) is 3.83. The Morgan fingerprint density at radius 2 is 1.70 bits per heavy atom. The Kier molecular flexibility index (Phi) is 4.81. The topological polar surface area (TPSA) is 41.6 Å². The van der Waals surface area contributed by atoms with Crippen LogP contribution in [0, 0.1) is 5.92 Å². The molecule has 1 heterocycles. The molecule has 1 aliphatic rings. The van der Waals surface area contributed by atoms with Crippen molar-refractivity contribution >= 4 is 17.3 Å². The van der Waals surface area contributed by atoms with Gasteiger partial charge in [0.25, 0.3) is 0 Å². The number of hydrogen-bond acceptors (Lipinski definition) is 3. The van der Waals surface area contributed by atoms with Crippen molar-refractivity contribution in [2.24, 2.45) is 5.92 Å². The zero-order chi connectivity index (χ0) is 16.1. The van der Waals surface area contributed by atoms with Gasteiger partial charge in [-0.2, -0.15) is 0 Å². The van der Waals surface area contributed by atoms with Crippen molar-refractivity contribution < 1.29 is 9.53 Å². The summed E-state index contributed by atoms with van der Waals surface area (Å²) in [6.45, 7) is 1.84. The van der Waals surface area contributed by atoms with Crippen LogP contribution >= 0.6 is 0 Å². The smallest absolute Gasteiger partial charge is 0.227 e. The van der Waals surface area contributed by atoms with Gasteiger partial charge in [-0.1, -0.05) is 18.2 Å². The van der Waals surface area contributed by atoms with Crippen molar-refractivity contribution in [3.63, 3.8) is 0 Å². The van der Waals surface area contributed by atoms with E-state index in [-0.39, 0.29) is 11.8 Å². The number of para-hydroxylation sites is 1. The summed E-state index contributed by atoms with van der Waals surface area (Å²) in [5.41, 5.74) is 2.06. The van der Waals surface area contributed by atoms with Crippen LogP contribution in [0.1, 0.15) is 12.8 Å². The standard InChI is InChI=1S/C19H22N2O2/c1-23-18-9-7-16(8-10-18)20-19(22)15-11-13-21(14-12-15)17-5-3-2-4-6-17/h2-10,15H,11-14H2,1H3,(H,20,22). The van der Waals surface area contributed by atoms with Gasteiger partial charge in [-0.05, 0) is 49.2 Å². The summed E-state index contributed by atoms with van der Waals surface area (Å²) in [6, 6.07) is 17.8. The lowest BCUT2D eigenvalue weighted by atomic mass is 9.95. The largest absolute Gasteiger partial charge is 0.497 e. The molecule has 2 aromatic rings. The molecule has 0 bridgehead atoms. The Morgan fingerprint density at radius 1 is 1.04 bits per heavy atom. The molecule has 0 spiro atoms. The number of amides is 1. The molecule has 23 heavy (non-hydrogen) atoms. The van der Waals surface area contributed by atoms with Gasteiger partial charge in [-0.15, -0.1) is 0 Å². The lowest BCUT2D eigenvalue weighted by molar-refractivity contribution is -0.120. The molecule has 1 fully saturated rings. The number of nitrogens with zero attached hydrogens (tertiary/aromatic N) is 1. The molecule has 1 N–H and O–H groups in total. The zero-order valence-corrected chi connectivity index (χ0v) is 13.4. The molecule has 0 radical (unpaired) electrons. The van der Waals surface area contributed by atoms with E-state index >= 15 is 0 Å². The molecule has 1 amide bonds. The molecule has 0 aliphatic carbocycles. The highest BCUT2D eigenvalue weighted by Gasteiger charge is 2.25. The highest BCUT2D eigenvalue weighted by molar-refractivity contribution is 5.92. The highest BCUT2D eigenvalue weighted by Crippen LogP contribution is 2.24. The van der Waals surface area contributed by atoms with E-state index < -0.39 is 0 Å². The second-order valence-electron chi connectivity index (χ2n) is 5.81. The summed E-state index contributed by atoms with van der Waals surface area (Å²) >= 11 is 0. The van der Waals surface area contributed by atoms with Crippen molar-refractivity contribution in [3.05, 3.63) is 54.6 Å². The van der Waals surface area contributed by atoms with Crippen molar-refractivity contribution in [1.29, 1.82) is 0 Å². The van der Waals surface area contributed by atoms with E-state index in [1.807, 2.05) is 30.3 Å². The van der Waals surface area contributed by atoms with E-state index in [2.05, 4.69) is 34.5 Å². The first-order chi connectivity index (χ1) is 11.3. The number of rotatable bonds is 4. The molecule has 1 aliphatic heterocycles. The van der Waals surface area contributed by atoms with E-state index in [9.17, 15) is 4.79 Å². The van der Waals surface area contributed by atoms with E-state index in [0.29, 0.717) is 0 Å². The Morgan fingerprint density at radius 3 is 2.30 bits per heavy atom. The predicted molar refractivity (Wildman–Crippen MR) is 93.0 cm³/mol. The molecule has 4 nitrogen and oxygen atoms in total. The number of piperidine rings is 1. The Labute approximate surface area is 137 Å². The van der Waals surface area contributed by atoms with Gasteiger partial charge in [0.1, 0.15) is 5.75 Å². The second-order valence-corrected chi connectivity index (χ2v) is 5.81. The number of ether oxygens (including phenoxy) is 1. The van der Waals surface area contributed by atoms with Gasteiger partial charge < -0.3 is 15.0 Å². The third-order valence-corrected chi connectivity index (χ3v) is 4.34. The fraction of sp³-hybridized carbons (Fsp3) is 0.316. The average molecular weight is 310 g/mol. The average Bonchev–Trinajstić information content (AvgIpc) is 2.63. The van der Waals surface area contributed by atoms with Crippen molar-refractivity contribution in [1.82, 2.24) is 0 Å². The first-order valence-corrected chi connectivity index (χ1v) is 8.01. The number of anilines is 2. The third-order valence-electron chi connectivity index (χ3n) is 4.34. The van der Waals surface area contributed by atoms with E-state index in [0.717, 1.165) is 37.4 Å². The fourth-order valence-electron chi connectivity index (χ4n) is 2.96. The lowest BCUT2D eigenvalue weighted by Crippen LogP contribution is -2.38. The van der Waals surface area contributed by atoms with Crippen molar-refractivity contribution in [3.8, 4) is 5.75 Å². The Hall–Kier alpha value is -2.49. The van der Waals surface area contributed by atoms with Gasteiger partial charge in [0.15, 0.2) is 0 Å². The molecule has 4 heteroatoms. The number of carbonyl (C=O) groups is 1. The minimum Gasteiger partial charge on any atom is -0.497 e. The van der Waals surface area contributed by atoms with Crippen molar-refractivity contribution in [2.75, 3.05) is 30.4 Å². The second kappa shape index (κ2) is 7.18. The Balaban J connectivity index is 1.53. The van der Waals surface area contributed by atoms with E-state index in [1.54, 1.807) is 7.11 Å². The molecule has 2 aromatic carbocycles. The number of benzene rings is 2. The predicted octanol–water partition coefficient (Wildman–Crippen LogP) is 3.55. The summed E-state index contributed by atoms with van der Waals surface area (Å²) in [4.78, 5) is 14.7. The number of hydrogen-bond donors (Lipinski definition) is 1. The molecule has 0 saturated carbocycles. The first kappa shape index (κ1) is 15.4. The molecular formula is C19H22N2O2. The van der Waals surface area contributed by atoms with Gasteiger partial charge in [-0.25, -0.2) is 0 Å². The molecule has 0 unspecified atom stereocenters. The maximum atomic E-state index is 12.4. The van der Waals surface area contributed by atoms with Gasteiger partial charge in [0, 0.05) is 30.4 Å². The van der Waals surface area contributed by atoms with Crippen LogP contribution in [0.25, 0.3) is 0 Å². The molecule has 120 valence electrons. The minimum atomic E-state index is 0.0806. The maximum Gasteiger partial charge on any atom is 0.227 e. The SMILES string of the molecule is COc1ccc(NC(=O)C2CCN(c3ccccc3)CC2)cc1. The Bertz CT molecular complexity index is 632. The summed E-state index contributed by atoms with van der Waals surface area (Å²) in [5.74, 6) is 0.985. The zero-order valence-electron chi connectivity index (χ0n) is 13.4. The fourth-order valence-corrected chi connectivity index (χ4v) is 2.96. The minimum absolute atomic E-state index is 0.0806. The van der Waals surface area contributed by atoms with Crippen LogP contribution in [0.2, 0.25) is 0 Å². The molecule has 1 saturated heterocycles. The summed E-state index contributed by atoms with van der Waals surface area (Å²) in [6.07, 6.45) is 1.77. The van der Waals surface area contributed by atoms with Crippen LogP contribution in [0.15, 0.2) is 54.6 Å². The van der Waals surface area contributed by atoms with Gasteiger partial charge in [-0.3, -0.25) is 4.79 Å². The summed E-state index contributed by atoms with van der Waals surface area (Å²) in [5, 5.41) is 3.00. The normalized spacial score (nSPS) is 15.3. The first-order valence-electron chi connectivity index (χ1n) is 8.01. The van der Waals surface area contributed by atoms with Gasteiger partial charge in [0.2, 0.25) is 5.91 Å². The van der Waals surface area contributed by atoms with Crippen LogP contribution in [-0.2, 0) is 4.79 Å². The van der Waals surface area contributed by atoms with E-state index in [1.165, 1.54) is 5.69 Å². The number of methoxy groups -OCH3 is 1. The van der Waals surface area contributed by atoms with Crippen LogP contribution in [0.4, 0.5) is 11.4 Å². The lowest BCUT2D eigenvalue weighted by Gasteiger charge is -2.33. The molecule has 0 aromatic heterocycles. The molecular weight excluding hydrogens is 288 g/mol. The van der Waals surface area contributed by atoms with Gasteiger partial charge in [0.05, 0.1) is 7.11 Å². The molecule has 0 atom stereocenters. The number of carbonyl (C=O) groups excluding carboxylic acids is 1. The van der Waals surface area contributed by atoms with E-state index in [4.69, 9.17) is 4.74 Å². The number of nitrogens with one attached hydrogen (secondary N) is 1. The maximum absolute atomic E-state index is 12.4. The summed E-state index contributed by atoms with van der Waals surface area (Å²) < 4.78 is 5.13. The van der Waals surface area contributed by atoms with Gasteiger partial charge >= 0.3 is 0 Å².